The molecule has 6 heteroatoms. The number of nitrogens with zero attached hydrogens (tertiary/aromatic N) is 1. The lowest BCUT2D eigenvalue weighted by molar-refractivity contribution is -0.141. The van der Waals surface area contributed by atoms with Crippen molar-refractivity contribution in [1.29, 1.82) is 0 Å². The first kappa shape index (κ1) is 21.6. The van der Waals surface area contributed by atoms with Gasteiger partial charge in [-0.3, -0.25) is 4.90 Å². The fourth-order valence-electron chi connectivity index (χ4n) is 2.64. The van der Waals surface area contributed by atoms with E-state index < -0.39 is 11.9 Å². The number of carboxylic acids is 1. The standard InChI is InChI=1S/C19H33NO5/c1-3-16(2)15-25-19(23)17(14-18(21)22)8-6-4-5-7-9-20-10-12-24-13-11-20/h14,16H,3-13,15H2,1-2H3,(H,21,22)/b17-14+. The lowest BCUT2D eigenvalue weighted by Gasteiger charge is -2.26. The molecule has 1 saturated heterocycles. The van der Waals surface area contributed by atoms with Crippen molar-refractivity contribution >= 4 is 11.9 Å². The van der Waals surface area contributed by atoms with E-state index in [4.69, 9.17) is 14.6 Å². The summed E-state index contributed by atoms with van der Waals surface area (Å²) in [6.45, 7) is 9.11. The average molecular weight is 355 g/mol. The lowest BCUT2D eigenvalue weighted by atomic mass is 10.1. The second-order valence-electron chi connectivity index (χ2n) is 6.74. The van der Waals surface area contributed by atoms with Gasteiger partial charge < -0.3 is 14.6 Å². The van der Waals surface area contributed by atoms with Gasteiger partial charge >= 0.3 is 11.9 Å². The van der Waals surface area contributed by atoms with Crippen molar-refractivity contribution in [2.75, 3.05) is 39.5 Å². The molecular weight excluding hydrogens is 322 g/mol. The molecule has 1 aliphatic rings. The van der Waals surface area contributed by atoms with Crippen molar-refractivity contribution in [2.24, 2.45) is 5.92 Å². The van der Waals surface area contributed by atoms with Gasteiger partial charge in [-0.05, 0) is 31.7 Å². The molecule has 0 amide bonds. The molecule has 1 rings (SSSR count). The zero-order chi connectivity index (χ0) is 18.5. The predicted octanol–water partition coefficient (Wildman–Crippen LogP) is 2.87. The fourth-order valence-corrected chi connectivity index (χ4v) is 2.64. The van der Waals surface area contributed by atoms with Gasteiger partial charge in [0.1, 0.15) is 0 Å². The summed E-state index contributed by atoms with van der Waals surface area (Å²) in [5.41, 5.74) is 0.268. The molecule has 1 aliphatic heterocycles. The van der Waals surface area contributed by atoms with E-state index in [1.165, 1.54) is 0 Å². The normalized spacial score (nSPS) is 17.3. The minimum atomic E-state index is -1.09. The molecule has 1 unspecified atom stereocenters. The molecule has 0 aromatic rings. The Morgan fingerprint density at radius 2 is 1.88 bits per heavy atom. The maximum atomic E-state index is 12.1. The number of aliphatic carboxylic acids is 1. The second-order valence-corrected chi connectivity index (χ2v) is 6.74. The third-order valence-corrected chi connectivity index (χ3v) is 4.53. The third kappa shape index (κ3) is 10.2. The molecule has 25 heavy (non-hydrogen) atoms. The van der Waals surface area contributed by atoms with Crippen molar-refractivity contribution in [3.05, 3.63) is 11.6 Å². The molecule has 144 valence electrons. The predicted molar refractivity (Wildman–Crippen MR) is 96.5 cm³/mol. The van der Waals surface area contributed by atoms with Crippen molar-refractivity contribution in [3.63, 3.8) is 0 Å². The van der Waals surface area contributed by atoms with Crippen LogP contribution in [0.3, 0.4) is 0 Å². The monoisotopic (exact) mass is 355 g/mol. The molecule has 1 N–H and O–H groups in total. The first-order valence-electron chi connectivity index (χ1n) is 9.43. The van der Waals surface area contributed by atoms with Crippen LogP contribution in [-0.4, -0.2) is 61.4 Å². The van der Waals surface area contributed by atoms with Crippen LogP contribution in [0.15, 0.2) is 11.6 Å². The van der Waals surface area contributed by atoms with E-state index in [9.17, 15) is 9.59 Å². The van der Waals surface area contributed by atoms with Crippen LogP contribution in [-0.2, 0) is 19.1 Å². The zero-order valence-electron chi connectivity index (χ0n) is 15.7. The number of hydrogen-bond acceptors (Lipinski definition) is 5. The van der Waals surface area contributed by atoms with Crippen LogP contribution >= 0.6 is 0 Å². The quantitative estimate of drug-likeness (QED) is 0.330. The maximum absolute atomic E-state index is 12.1. The van der Waals surface area contributed by atoms with Crippen LogP contribution in [0.4, 0.5) is 0 Å². The van der Waals surface area contributed by atoms with E-state index in [-0.39, 0.29) is 11.5 Å². The van der Waals surface area contributed by atoms with Crippen molar-refractivity contribution in [3.8, 4) is 0 Å². The topological polar surface area (TPSA) is 76.1 Å². The van der Waals surface area contributed by atoms with Gasteiger partial charge in [0.2, 0.25) is 0 Å². The Bertz CT molecular complexity index is 430. The fraction of sp³-hybridized carbons (Fsp3) is 0.789. The number of esters is 1. The molecule has 0 aliphatic carbocycles. The van der Waals surface area contributed by atoms with Gasteiger partial charge in [-0.2, -0.15) is 0 Å². The van der Waals surface area contributed by atoms with Gasteiger partial charge in [0.05, 0.1) is 19.8 Å². The zero-order valence-corrected chi connectivity index (χ0v) is 15.7. The summed E-state index contributed by atoms with van der Waals surface area (Å²) in [4.78, 5) is 25.4. The van der Waals surface area contributed by atoms with Crippen LogP contribution in [0.25, 0.3) is 0 Å². The molecule has 0 bridgehead atoms. The number of carbonyl (C=O) groups is 2. The number of morpholine rings is 1. The minimum absolute atomic E-state index is 0.268. The third-order valence-electron chi connectivity index (χ3n) is 4.53. The summed E-state index contributed by atoms with van der Waals surface area (Å²) in [5.74, 6) is -1.30. The van der Waals surface area contributed by atoms with Gasteiger partial charge in [-0.25, -0.2) is 9.59 Å². The first-order chi connectivity index (χ1) is 12.0. The summed E-state index contributed by atoms with van der Waals surface area (Å²) in [7, 11) is 0. The SMILES string of the molecule is CCC(C)COC(=O)/C(=C/C(=O)O)CCCCCCN1CCOCC1. The number of rotatable bonds is 12. The van der Waals surface area contributed by atoms with Gasteiger partial charge in [0.15, 0.2) is 0 Å². The number of carboxylic acid groups (broad SMARTS) is 1. The molecule has 0 aromatic carbocycles. The Labute approximate surface area is 151 Å². The Morgan fingerprint density at radius 3 is 2.52 bits per heavy atom. The van der Waals surface area contributed by atoms with Crippen LogP contribution in [0.5, 0.6) is 0 Å². The highest BCUT2D eigenvalue weighted by atomic mass is 16.5. The first-order valence-corrected chi connectivity index (χ1v) is 9.43. The molecule has 6 nitrogen and oxygen atoms in total. The van der Waals surface area contributed by atoms with Crippen LogP contribution in [0.1, 0.15) is 52.4 Å². The van der Waals surface area contributed by atoms with Crippen LogP contribution < -0.4 is 0 Å². The van der Waals surface area contributed by atoms with Crippen molar-refractivity contribution in [2.45, 2.75) is 52.4 Å². The minimum Gasteiger partial charge on any atom is -0.478 e. The van der Waals surface area contributed by atoms with Crippen LogP contribution in [0, 0.1) is 5.92 Å². The number of hydrogen-bond donors (Lipinski definition) is 1. The highest BCUT2D eigenvalue weighted by Gasteiger charge is 2.14. The van der Waals surface area contributed by atoms with Crippen LogP contribution in [0.2, 0.25) is 0 Å². The summed E-state index contributed by atoms with van der Waals surface area (Å²) in [6.07, 6.45) is 6.38. The van der Waals surface area contributed by atoms with Gasteiger partial charge in [0, 0.05) is 24.7 Å². The molecule has 0 spiro atoms. The van der Waals surface area contributed by atoms with Gasteiger partial charge in [-0.1, -0.05) is 33.1 Å². The number of ether oxygens (including phenoxy) is 2. The Kier molecular flexibility index (Phi) is 11.2. The Balaban J connectivity index is 2.23. The summed E-state index contributed by atoms with van der Waals surface area (Å²) in [5, 5.41) is 8.94. The smallest absolute Gasteiger partial charge is 0.334 e. The Hall–Kier alpha value is -1.40. The van der Waals surface area contributed by atoms with Gasteiger partial charge in [-0.15, -0.1) is 0 Å². The van der Waals surface area contributed by atoms with E-state index in [0.717, 1.165) is 71.0 Å². The van der Waals surface area contributed by atoms with E-state index in [1.807, 2.05) is 13.8 Å². The molecule has 1 heterocycles. The number of carbonyl (C=O) groups excluding carboxylic acids is 1. The lowest BCUT2D eigenvalue weighted by Crippen LogP contribution is -2.36. The summed E-state index contributed by atoms with van der Waals surface area (Å²) >= 11 is 0. The molecule has 0 radical (unpaired) electrons. The number of unbranched alkanes of at least 4 members (excludes halogenated alkanes) is 3. The van der Waals surface area contributed by atoms with E-state index in [1.54, 1.807) is 0 Å². The average Bonchev–Trinajstić information content (AvgIpc) is 2.61. The van der Waals surface area contributed by atoms with Gasteiger partial charge in [0.25, 0.3) is 0 Å². The molecular formula is C19H33NO5. The molecule has 0 aromatic heterocycles. The Morgan fingerprint density at radius 1 is 1.20 bits per heavy atom. The summed E-state index contributed by atoms with van der Waals surface area (Å²) in [6, 6.07) is 0. The van der Waals surface area contributed by atoms with E-state index in [2.05, 4.69) is 4.90 Å². The second kappa shape index (κ2) is 12.9. The van der Waals surface area contributed by atoms with E-state index in [0.29, 0.717) is 13.0 Å². The maximum Gasteiger partial charge on any atom is 0.334 e. The summed E-state index contributed by atoms with van der Waals surface area (Å²) < 4.78 is 10.6. The van der Waals surface area contributed by atoms with Crippen molar-refractivity contribution in [1.82, 2.24) is 4.90 Å². The molecule has 1 atom stereocenters. The highest BCUT2D eigenvalue weighted by molar-refractivity contribution is 5.95. The highest BCUT2D eigenvalue weighted by Crippen LogP contribution is 2.14. The largest absolute Gasteiger partial charge is 0.478 e. The molecule has 1 fully saturated rings. The molecule has 0 saturated carbocycles. The van der Waals surface area contributed by atoms with E-state index >= 15 is 0 Å². The van der Waals surface area contributed by atoms with Crippen molar-refractivity contribution < 1.29 is 24.2 Å².